The summed E-state index contributed by atoms with van der Waals surface area (Å²) in [5.74, 6) is 0.761. The van der Waals surface area contributed by atoms with Gasteiger partial charge in [0.1, 0.15) is 5.75 Å². The molecule has 184 valence electrons. The molecule has 0 bridgehead atoms. The molecule has 0 saturated carbocycles. The zero-order chi connectivity index (χ0) is 24.9. The quantitative estimate of drug-likeness (QED) is 0.390. The van der Waals surface area contributed by atoms with E-state index in [0.717, 1.165) is 72.4 Å². The van der Waals surface area contributed by atoms with Crippen molar-refractivity contribution in [2.75, 3.05) is 43.5 Å². The second-order valence-electron chi connectivity index (χ2n) is 8.97. The SMILES string of the molecule is COc1ccccc1N1CCN(Cc2c(C)[nH]c(-c3ccccc3)c2NC(=O)c2ccncc2)CC1. The summed E-state index contributed by atoms with van der Waals surface area (Å²) >= 11 is 0. The van der Waals surface area contributed by atoms with Crippen molar-refractivity contribution in [3.63, 3.8) is 0 Å². The van der Waals surface area contributed by atoms with Gasteiger partial charge in [-0.2, -0.15) is 0 Å². The van der Waals surface area contributed by atoms with Crippen molar-refractivity contribution in [3.05, 3.63) is 95.9 Å². The number of hydrogen-bond acceptors (Lipinski definition) is 5. The number of piperazine rings is 1. The molecular weight excluding hydrogens is 450 g/mol. The van der Waals surface area contributed by atoms with Gasteiger partial charge in [-0.25, -0.2) is 0 Å². The Balaban J connectivity index is 1.38. The van der Waals surface area contributed by atoms with Gasteiger partial charge in [0, 0.05) is 67.5 Å². The largest absolute Gasteiger partial charge is 0.495 e. The molecule has 0 atom stereocenters. The number of carbonyl (C=O) groups is 1. The Kier molecular flexibility index (Phi) is 7.00. The molecule has 1 amide bonds. The predicted octanol–water partition coefficient (Wildman–Crippen LogP) is 4.97. The topological polar surface area (TPSA) is 73.5 Å². The normalized spacial score (nSPS) is 14.0. The Hall–Kier alpha value is -4.10. The number of amides is 1. The first-order chi connectivity index (χ1) is 17.6. The van der Waals surface area contributed by atoms with Gasteiger partial charge in [-0.3, -0.25) is 14.7 Å². The molecule has 4 aromatic rings. The van der Waals surface area contributed by atoms with Gasteiger partial charge in [-0.05, 0) is 31.2 Å². The van der Waals surface area contributed by atoms with Crippen molar-refractivity contribution >= 4 is 17.3 Å². The minimum atomic E-state index is -0.143. The summed E-state index contributed by atoms with van der Waals surface area (Å²) in [6.07, 6.45) is 3.27. The van der Waals surface area contributed by atoms with Gasteiger partial charge < -0.3 is 19.9 Å². The third-order valence-electron chi connectivity index (χ3n) is 6.74. The lowest BCUT2D eigenvalue weighted by Crippen LogP contribution is -2.46. The molecule has 1 fully saturated rings. The Morgan fingerprint density at radius 1 is 0.972 bits per heavy atom. The Labute approximate surface area is 211 Å². The fraction of sp³-hybridized carbons (Fsp3) is 0.241. The number of para-hydroxylation sites is 2. The third kappa shape index (κ3) is 4.97. The van der Waals surface area contributed by atoms with Crippen molar-refractivity contribution in [3.8, 4) is 17.0 Å². The molecule has 36 heavy (non-hydrogen) atoms. The second-order valence-corrected chi connectivity index (χ2v) is 8.97. The van der Waals surface area contributed by atoms with Gasteiger partial charge in [0.05, 0.1) is 24.2 Å². The third-order valence-corrected chi connectivity index (χ3v) is 6.74. The standard InChI is InChI=1S/C29H31N5O2/c1-21-24(20-33-16-18-34(19-17-33)25-10-6-7-11-26(25)36-2)28(27(31-21)22-8-4-3-5-9-22)32-29(35)23-12-14-30-15-13-23/h3-15,31H,16-20H2,1-2H3,(H,32,35). The van der Waals surface area contributed by atoms with Gasteiger partial charge in [-0.1, -0.05) is 42.5 Å². The van der Waals surface area contributed by atoms with Gasteiger partial charge in [0.15, 0.2) is 0 Å². The smallest absolute Gasteiger partial charge is 0.255 e. The van der Waals surface area contributed by atoms with Crippen LogP contribution in [0.25, 0.3) is 11.3 Å². The van der Waals surface area contributed by atoms with E-state index in [1.165, 1.54) is 0 Å². The minimum absolute atomic E-state index is 0.143. The molecule has 7 nitrogen and oxygen atoms in total. The molecule has 1 aliphatic heterocycles. The van der Waals surface area contributed by atoms with Crippen LogP contribution in [0.2, 0.25) is 0 Å². The maximum Gasteiger partial charge on any atom is 0.255 e. The van der Waals surface area contributed by atoms with E-state index < -0.39 is 0 Å². The molecule has 1 aliphatic rings. The van der Waals surface area contributed by atoms with E-state index in [9.17, 15) is 4.79 Å². The van der Waals surface area contributed by atoms with Crippen LogP contribution in [-0.4, -0.2) is 54.1 Å². The second kappa shape index (κ2) is 10.7. The van der Waals surface area contributed by atoms with Crippen molar-refractivity contribution in [2.24, 2.45) is 0 Å². The van der Waals surface area contributed by atoms with Crippen LogP contribution in [0.15, 0.2) is 79.1 Å². The molecular formula is C29H31N5O2. The molecule has 7 heteroatoms. The highest BCUT2D eigenvalue weighted by atomic mass is 16.5. The summed E-state index contributed by atoms with van der Waals surface area (Å²) in [6, 6.07) is 21.8. The molecule has 2 aromatic carbocycles. The number of ether oxygens (including phenoxy) is 1. The first-order valence-electron chi connectivity index (χ1n) is 12.2. The Morgan fingerprint density at radius 3 is 2.39 bits per heavy atom. The minimum Gasteiger partial charge on any atom is -0.495 e. The number of benzene rings is 2. The number of rotatable bonds is 7. The number of nitrogens with one attached hydrogen (secondary N) is 2. The molecule has 2 N–H and O–H groups in total. The van der Waals surface area contributed by atoms with E-state index in [2.05, 4.69) is 56.3 Å². The van der Waals surface area contributed by atoms with E-state index in [0.29, 0.717) is 5.56 Å². The number of aromatic amines is 1. The lowest BCUT2D eigenvalue weighted by molar-refractivity contribution is 0.102. The number of aryl methyl sites for hydroxylation is 1. The summed E-state index contributed by atoms with van der Waals surface area (Å²) < 4.78 is 5.57. The lowest BCUT2D eigenvalue weighted by atomic mass is 10.1. The zero-order valence-electron chi connectivity index (χ0n) is 20.7. The number of carbonyl (C=O) groups excluding carboxylic acids is 1. The number of methoxy groups -OCH3 is 1. The molecule has 1 saturated heterocycles. The monoisotopic (exact) mass is 481 g/mol. The maximum absolute atomic E-state index is 13.1. The van der Waals surface area contributed by atoms with E-state index in [-0.39, 0.29) is 5.91 Å². The number of pyridine rings is 1. The van der Waals surface area contributed by atoms with Crippen LogP contribution in [0.4, 0.5) is 11.4 Å². The van der Waals surface area contributed by atoms with Crippen molar-refractivity contribution < 1.29 is 9.53 Å². The summed E-state index contributed by atoms with van der Waals surface area (Å²) in [5.41, 5.74) is 6.70. The van der Waals surface area contributed by atoms with E-state index in [1.54, 1.807) is 31.6 Å². The highest BCUT2D eigenvalue weighted by Gasteiger charge is 2.24. The number of anilines is 2. The van der Waals surface area contributed by atoms with Crippen molar-refractivity contribution in [1.29, 1.82) is 0 Å². The van der Waals surface area contributed by atoms with E-state index in [4.69, 9.17) is 4.74 Å². The van der Waals surface area contributed by atoms with Crippen LogP contribution in [0.1, 0.15) is 21.6 Å². The fourth-order valence-corrected chi connectivity index (χ4v) is 4.77. The summed E-state index contributed by atoms with van der Waals surface area (Å²) in [5, 5.41) is 3.20. The molecule has 0 spiro atoms. The van der Waals surface area contributed by atoms with Crippen LogP contribution in [-0.2, 0) is 6.54 Å². The highest BCUT2D eigenvalue weighted by Crippen LogP contribution is 2.35. The van der Waals surface area contributed by atoms with Crippen LogP contribution >= 0.6 is 0 Å². The van der Waals surface area contributed by atoms with Crippen LogP contribution in [0.3, 0.4) is 0 Å². The van der Waals surface area contributed by atoms with E-state index >= 15 is 0 Å². The molecule has 3 heterocycles. The first-order valence-corrected chi connectivity index (χ1v) is 12.2. The summed E-state index contributed by atoms with van der Waals surface area (Å²) in [6.45, 7) is 6.49. The predicted molar refractivity (Wildman–Crippen MR) is 144 cm³/mol. The van der Waals surface area contributed by atoms with Crippen molar-refractivity contribution in [1.82, 2.24) is 14.9 Å². The molecule has 5 rings (SSSR count). The van der Waals surface area contributed by atoms with Crippen LogP contribution in [0, 0.1) is 6.92 Å². The zero-order valence-corrected chi connectivity index (χ0v) is 20.7. The number of H-pyrrole nitrogens is 1. The van der Waals surface area contributed by atoms with Crippen LogP contribution in [0.5, 0.6) is 5.75 Å². The number of nitrogens with zero attached hydrogens (tertiary/aromatic N) is 3. The summed E-state index contributed by atoms with van der Waals surface area (Å²) in [7, 11) is 1.72. The fourth-order valence-electron chi connectivity index (χ4n) is 4.77. The van der Waals surface area contributed by atoms with Gasteiger partial charge >= 0.3 is 0 Å². The molecule has 0 unspecified atom stereocenters. The highest BCUT2D eigenvalue weighted by molar-refractivity contribution is 6.06. The number of hydrogen-bond donors (Lipinski definition) is 2. The van der Waals surface area contributed by atoms with Gasteiger partial charge in [0.25, 0.3) is 5.91 Å². The molecule has 2 aromatic heterocycles. The first kappa shape index (κ1) is 23.6. The number of aromatic nitrogens is 2. The van der Waals surface area contributed by atoms with Crippen molar-refractivity contribution in [2.45, 2.75) is 13.5 Å². The lowest BCUT2D eigenvalue weighted by Gasteiger charge is -2.36. The van der Waals surface area contributed by atoms with E-state index in [1.807, 2.05) is 30.3 Å². The van der Waals surface area contributed by atoms with Gasteiger partial charge in [0.2, 0.25) is 0 Å². The molecule has 0 aliphatic carbocycles. The Morgan fingerprint density at radius 2 is 1.67 bits per heavy atom. The molecule has 0 radical (unpaired) electrons. The van der Waals surface area contributed by atoms with Crippen LogP contribution < -0.4 is 15.0 Å². The Bertz CT molecular complexity index is 1310. The average molecular weight is 482 g/mol. The summed E-state index contributed by atoms with van der Waals surface area (Å²) in [4.78, 5) is 25.5. The van der Waals surface area contributed by atoms with Gasteiger partial charge in [-0.15, -0.1) is 0 Å². The maximum atomic E-state index is 13.1. The average Bonchev–Trinajstić information content (AvgIpc) is 3.24.